The minimum atomic E-state index is 0.0465. The maximum atomic E-state index is 6.45. The molecule has 53 heavy (non-hydrogen) atoms. The molecule has 2 heterocycles. The Kier molecular flexibility index (Phi) is 19.3. The molecule has 2 rings (SSSR count). The lowest BCUT2D eigenvalue weighted by molar-refractivity contribution is 0.181. The summed E-state index contributed by atoms with van der Waals surface area (Å²) < 4.78 is 35.3. The van der Waals surface area contributed by atoms with E-state index in [2.05, 4.69) is 53.3 Å². The van der Waals surface area contributed by atoms with E-state index in [-0.39, 0.29) is 12.2 Å². The van der Waals surface area contributed by atoms with Gasteiger partial charge in [0.2, 0.25) is 0 Å². The lowest BCUT2D eigenvalue weighted by Gasteiger charge is -2.19. The van der Waals surface area contributed by atoms with E-state index in [4.69, 9.17) is 28.4 Å². The van der Waals surface area contributed by atoms with E-state index in [1.807, 2.05) is 96.2 Å². The monoisotopic (exact) mass is 722 g/mol. The minimum Gasteiger partial charge on any atom is -0.494 e. The van der Waals surface area contributed by atoms with Crippen molar-refractivity contribution in [3.8, 4) is 0 Å². The molecule has 2 aliphatic rings. The Morgan fingerprint density at radius 2 is 1.34 bits per heavy atom. The van der Waals surface area contributed by atoms with Gasteiger partial charge in [0, 0.05) is 5.57 Å². The zero-order valence-corrected chi connectivity index (χ0v) is 33.5. The highest BCUT2D eigenvalue weighted by Crippen LogP contribution is 2.33. The lowest BCUT2D eigenvalue weighted by atomic mass is 9.90. The Morgan fingerprint density at radius 3 is 1.83 bits per heavy atom. The van der Waals surface area contributed by atoms with Crippen molar-refractivity contribution in [3.63, 3.8) is 0 Å². The Hall–Kier alpha value is -4.78. The number of hydrogen-bond acceptors (Lipinski definition) is 6. The van der Waals surface area contributed by atoms with Gasteiger partial charge in [0.05, 0.1) is 19.8 Å². The normalized spacial score (nSPS) is 19.6. The van der Waals surface area contributed by atoms with Crippen molar-refractivity contribution >= 4 is 0 Å². The van der Waals surface area contributed by atoms with Gasteiger partial charge in [-0.05, 0) is 124 Å². The fourth-order valence-electron chi connectivity index (χ4n) is 4.66. The van der Waals surface area contributed by atoms with Gasteiger partial charge in [-0.3, -0.25) is 0 Å². The van der Waals surface area contributed by atoms with Gasteiger partial charge in [0.15, 0.2) is 0 Å². The van der Waals surface area contributed by atoms with Gasteiger partial charge < -0.3 is 28.4 Å². The average molecular weight is 723 g/mol. The SMILES string of the molecule is C=C\C(=C/C(=C/C(=C\C)OCC1CO1)C(=C)C)OC(=C/C)/C=C(C(=C)C)/C(C(=C)\C=C(C)/C(/C=C\C(=C)OCC(C)CC)=C\C)=C(\C=C)OCC1CO1. The van der Waals surface area contributed by atoms with E-state index < -0.39 is 0 Å². The van der Waals surface area contributed by atoms with E-state index in [1.54, 1.807) is 12.2 Å². The lowest BCUT2D eigenvalue weighted by Crippen LogP contribution is -2.06. The number of ether oxygens (including phenoxy) is 6. The third-order valence-electron chi connectivity index (χ3n) is 8.38. The van der Waals surface area contributed by atoms with Crippen LogP contribution in [0.25, 0.3) is 0 Å². The highest BCUT2D eigenvalue weighted by molar-refractivity contribution is 5.63. The van der Waals surface area contributed by atoms with E-state index >= 15 is 0 Å². The Balaban J connectivity index is 2.54. The molecule has 0 amide bonds. The van der Waals surface area contributed by atoms with E-state index in [0.717, 1.165) is 57.8 Å². The van der Waals surface area contributed by atoms with Crippen LogP contribution in [0.1, 0.15) is 61.8 Å². The van der Waals surface area contributed by atoms with Crippen molar-refractivity contribution in [3.05, 3.63) is 180 Å². The predicted molar refractivity (Wildman–Crippen MR) is 222 cm³/mol. The van der Waals surface area contributed by atoms with Crippen LogP contribution in [0, 0.1) is 5.92 Å². The molecule has 0 aromatic heterocycles. The topological polar surface area (TPSA) is 62.0 Å². The molecule has 0 spiro atoms. The fourth-order valence-corrected chi connectivity index (χ4v) is 4.66. The molecule has 2 fully saturated rings. The van der Waals surface area contributed by atoms with Crippen LogP contribution in [-0.2, 0) is 28.4 Å². The molecule has 3 atom stereocenters. The first-order valence-electron chi connectivity index (χ1n) is 18.3. The summed E-state index contributed by atoms with van der Waals surface area (Å²) in [6.07, 6.45) is 22.1. The Morgan fingerprint density at radius 1 is 0.717 bits per heavy atom. The van der Waals surface area contributed by atoms with Crippen LogP contribution in [0.3, 0.4) is 0 Å². The van der Waals surface area contributed by atoms with Crippen LogP contribution in [0.15, 0.2) is 180 Å². The molecule has 286 valence electrons. The molecule has 0 radical (unpaired) electrons. The van der Waals surface area contributed by atoms with Gasteiger partial charge in [0.25, 0.3) is 0 Å². The molecule has 0 saturated carbocycles. The summed E-state index contributed by atoms with van der Waals surface area (Å²) in [4.78, 5) is 0. The largest absolute Gasteiger partial charge is 0.494 e. The van der Waals surface area contributed by atoms with Crippen LogP contribution >= 0.6 is 0 Å². The molecule has 0 aromatic rings. The van der Waals surface area contributed by atoms with Crippen molar-refractivity contribution in [2.75, 3.05) is 33.0 Å². The number of allylic oxidation sites excluding steroid dienone is 19. The molecule has 0 N–H and O–H groups in total. The van der Waals surface area contributed by atoms with Gasteiger partial charge in [0.1, 0.15) is 54.2 Å². The number of epoxide rings is 2. The van der Waals surface area contributed by atoms with Crippen molar-refractivity contribution in [2.45, 2.75) is 74.0 Å². The zero-order valence-electron chi connectivity index (χ0n) is 33.5. The molecule has 6 heteroatoms. The van der Waals surface area contributed by atoms with Gasteiger partial charge in [-0.25, -0.2) is 0 Å². The highest BCUT2D eigenvalue weighted by Gasteiger charge is 2.25. The molecule has 0 aromatic carbocycles. The molecule has 0 bridgehead atoms. The van der Waals surface area contributed by atoms with Gasteiger partial charge in [-0.1, -0.05) is 89.1 Å². The summed E-state index contributed by atoms with van der Waals surface area (Å²) in [5, 5.41) is 0. The third kappa shape index (κ3) is 16.2. The van der Waals surface area contributed by atoms with Crippen LogP contribution in [0.4, 0.5) is 0 Å². The maximum Gasteiger partial charge on any atom is 0.127 e. The van der Waals surface area contributed by atoms with Crippen LogP contribution in [-0.4, -0.2) is 45.2 Å². The first kappa shape index (κ1) is 44.4. The Labute approximate surface area is 320 Å². The average Bonchev–Trinajstić information content (AvgIpc) is 4.08. The van der Waals surface area contributed by atoms with Crippen molar-refractivity contribution in [1.82, 2.24) is 0 Å². The van der Waals surface area contributed by atoms with Crippen molar-refractivity contribution in [1.29, 1.82) is 0 Å². The van der Waals surface area contributed by atoms with Gasteiger partial charge >= 0.3 is 0 Å². The second-order valence-electron chi connectivity index (χ2n) is 13.2. The zero-order chi connectivity index (χ0) is 39.5. The van der Waals surface area contributed by atoms with Gasteiger partial charge in [-0.2, -0.15) is 0 Å². The van der Waals surface area contributed by atoms with E-state index in [1.165, 1.54) is 0 Å². The fraction of sp³-hybridized carbons (Fsp3) is 0.362. The predicted octanol–water partition coefficient (Wildman–Crippen LogP) is 11.7. The summed E-state index contributed by atoms with van der Waals surface area (Å²) >= 11 is 0. The summed E-state index contributed by atoms with van der Waals surface area (Å²) in [6.45, 7) is 44.2. The molecule has 0 aliphatic carbocycles. The summed E-state index contributed by atoms with van der Waals surface area (Å²) in [5.41, 5.74) is 6.66. The first-order chi connectivity index (χ1) is 25.3. The summed E-state index contributed by atoms with van der Waals surface area (Å²) in [5.74, 6) is 3.45. The summed E-state index contributed by atoms with van der Waals surface area (Å²) in [6, 6.07) is 0. The minimum absolute atomic E-state index is 0.0465. The molecule has 3 unspecified atom stereocenters. The summed E-state index contributed by atoms with van der Waals surface area (Å²) in [7, 11) is 0. The van der Waals surface area contributed by atoms with Crippen LogP contribution < -0.4 is 0 Å². The van der Waals surface area contributed by atoms with E-state index in [9.17, 15) is 0 Å². The Bertz CT molecular complexity index is 1650. The molecular formula is C47H62O6. The molecule has 2 saturated heterocycles. The molecular weight excluding hydrogens is 661 g/mol. The number of hydrogen-bond donors (Lipinski definition) is 0. The standard InChI is InChI=1S/C47H62O6/c1-15-34(11)27-48-37(14)21-22-38(16-2)35(12)23-36(13)47(46(20-6)52-31-44-30-51-44)45(33(9)10)26-42(19-5)53-41(18-4)25-39(32(7)8)24-40(17-3)49-28-43-29-50-43/h16-26,34,43-44H,4,6-7,9,13-15,27-31H2,1-3,5,8,10-12H3/b22-21-,35-23-,38-16-,39-24-,40-17+,41-25+,42-19+,45-26+,47-46+. The second-order valence-corrected chi connectivity index (χ2v) is 13.2. The van der Waals surface area contributed by atoms with Crippen molar-refractivity contribution < 1.29 is 28.4 Å². The third-order valence-corrected chi connectivity index (χ3v) is 8.38. The highest BCUT2D eigenvalue weighted by atomic mass is 16.6. The van der Waals surface area contributed by atoms with Gasteiger partial charge in [-0.15, -0.1) is 0 Å². The second kappa shape index (κ2) is 23.0. The maximum absolute atomic E-state index is 6.45. The first-order valence-corrected chi connectivity index (χ1v) is 18.3. The number of rotatable bonds is 25. The smallest absolute Gasteiger partial charge is 0.127 e. The van der Waals surface area contributed by atoms with Crippen molar-refractivity contribution in [2.24, 2.45) is 5.92 Å². The van der Waals surface area contributed by atoms with Crippen LogP contribution in [0.5, 0.6) is 0 Å². The quantitative estimate of drug-likeness (QED) is 0.0531. The molecule has 2 aliphatic heterocycles. The van der Waals surface area contributed by atoms with E-state index in [0.29, 0.717) is 61.0 Å². The molecule has 6 nitrogen and oxygen atoms in total. The van der Waals surface area contributed by atoms with Crippen LogP contribution in [0.2, 0.25) is 0 Å².